The van der Waals surface area contributed by atoms with Crippen molar-refractivity contribution in [2.75, 3.05) is 20.1 Å². The Morgan fingerprint density at radius 2 is 2.15 bits per heavy atom. The third-order valence-corrected chi connectivity index (χ3v) is 3.37. The minimum atomic E-state index is 0.678. The summed E-state index contributed by atoms with van der Waals surface area (Å²) in [6.07, 6.45) is 2.66. The fourth-order valence-electron chi connectivity index (χ4n) is 1.89. The lowest BCUT2D eigenvalue weighted by Crippen LogP contribution is -2.34. The van der Waals surface area contributed by atoms with Gasteiger partial charge in [-0.1, -0.05) is 6.92 Å². The second-order valence-electron chi connectivity index (χ2n) is 4.69. The van der Waals surface area contributed by atoms with Crippen LogP contribution in [0, 0.1) is 5.92 Å². The molecular formula is C11H24N2. The van der Waals surface area contributed by atoms with Crippen LogP contribution in [0.2, 0.25) is 0 Å². The third-order valence-electron chi connectivity index (χ3n) is 3.37. The summed E-state index contributed by atoms with van der Waals surface area (Å²) in [5.74, 6) is 0.876. The summed E-state index contributed by atoms with van der Waals surface area (Å²) in [6, 6.07) is 1.44. The van der Waals surface area contributed by atoms with Crippen LogP contribution in [0.3, 0.4) is 0 Å². The van der Waals surface area contributed by atoms with E-state index in [1.807, 2.05) is 0 Å². The van der Waals surface area contributed by atoms with Gasteiger partial charge in [0.1, 0.15) is 0 Å². The Morgan fingerprint density at radius 1 is 1.46 bits per heavy atom. The van der Waals surface area contributed by atoms with Gasteiger partial charge in [-0.2, -0.15) is 0 Å². The molecule has 2 heteroatoms. The number of hydrogen-bond acceptors (Lipinski definition) is 2. The van der Waals surface area contributed by atoms with Crippen molar-refractivity contribution >= 4 is 0 Å². The standard InChI is InChI=1S/C11H24N2/c1-9(2)13(4)8-6-11-10(3)5-7-12-11/h9-12H,5-8H2,1-4H3. The molecule has 1 fully saturated rings. The average Bonchev–Trinajstić information content (AvgIpc) is 2.47. The van der Waals surface area contributed by atoms with Gasteiger partial charge in [0.15, 0.2) is 0 Å². The molecule has 1 aliphatic rings. The fraction of sp³-hybridized carbons (Fsp3) is 1.00. The van der Waals surface area contributed by atoms with E-state index in [2.05, 4.69) is 38.0 Å². The molecule has 2 atom stereocenters. The van der Waals surface area contributed by atoms with Crippen LogP contribution in [0.1, 0.15) is 33.6 Å². The molecule has 1 aliphatic heterocycles. The molecule has 0 spiro atoms. The monoisotopic (exact) mass is 184 g/mol. The smallest absolute Gasteiger partial charge is 0.0105 e. The first-order valence-corrected chi connectivity index (χ1v) is 5.55. The molecule has 78 valence electrons. The second-order valence-corrected chi connectivity index (χ2v) is 4.69. The van der Waals surface area contributed by atoms with Crippen molar-refractivity contribution in [3.05, 3.63) is 0 Å². The first-order chi connectivity index (χ1) is 6.11. The molecule has 0 aromatic carbocycles. The maximum Gasteiger partial charge on any atom is 0.0105 e. The second kappa shape index (κ2) is 4.97. The zero-order valence-corrected chi connectivity index (χ0v) is 9.51. The molecule has 2 nitrogen and oxygen atoms in total. The van der Waals surface area contributed by atoms with Gasteiger partial charge in [0.2, 0.25) is 0 Å². The van der Waals surface area contributed by atoms with Crippen molar-refractivity contribution in [2.24, 2.45) is 5.92 Å². The van der Waals surface area contributed by atoms with E-state index in [1.165, 1.54) is 25.9 Å². The lowest BCUT2D eigenvalue weighted by molar-refractivity contribution is 0.252. The summed E-state index contributed by atoms with van der Waals surface area (Å²) >= 11 is 0. The van der Waals surface area contributed by atoms with Crippen LogP contribution < -0.4 is 5.32 Å². The minimum Gasteiger partial charge on any atom is -0.314 e. The van der Waals surface area contributed by atoms with E-state index in [1.54, 1.807) is 0 Å². The lowest BCUT2D eigenvalue weighted by Gasteiger charge is -2.24. The molecule has 0 amide bonds. The van der Waals surface area contributed by atoms with E-state index in [0.29, 0.717) is 6.04 Å². The molecule has 13 heavy (non-hydrogen) atoms. The van der Waals surface area contributed by atoms with Crippen LogP contribution in [-0.2, 0) is 0 Å². The summed E-state index contributed by atoms with van der Waals surface area (Å²) in [6.45, 7) is 9.31. The van der Waals surface area contributed by atoms with E-state index < -0.39 is 0 Å². The summed E-state index contributed by atoms with van der Waals surface area (Å²) in [4.78, 5) is 2.42. The Kier molecular flexibility index (Phi) is 4.20. The van der Waals surface area contributed by atoms with Gasteiger partial charge in [0.25, 0.3) is 0 Å². The molecule has 1 saturated heterocycles. The zero-order valence-electron chi connectivity index (χ0n) is 9.51. The predicted octanol–water partition coefficient (Wildman–Crippen LogP) is 1.71. The lowest BCUT2D eigenvalue weighted by atomic mass is 10.0. The molecule has 1 N–H and O–H groups in total. The SMILES string of the molecule is CC1CCNC1CCN(C)C(C)C. The zero-order chi connectivity index (χ0) is 9.84. The van der Waals surface area contributed by atoms with Crippen molar-refractivity contribution in [1.82, 2.24) is 10.2 Å². The van der Waals surface area contributed by atoms with Crippen molar-refractivity contribution < 1.29 is 0 Å². The quantitative estimate of drug-likeness (QED) is 0.715. The number of hydrogen-bond donors (Lipinski definition) is 1. The highest BCUT2D eigenvalue weighted by atomic mass is 15.1. The van der Waals surface area contributed by atoms with Crippen LogP contribution in [0.5, 0.6) is 0 Å². The summed E-state index contributed by atoms with van der Waals surface area (Å²) in [5.41, 5.74) is 0. The first-order valence-electron chi connectivity index (χ1n) is 5.55. The van der Waals surface area contributed by atoms with E-state index in [9.17, 15) is 0 Å². The molecule has 0 aliphatic carbocycles. The molecule has 1 heterocycles. The summed E-state index contributed by atoms with van der Waals surface area (Å²) in [5, 5.41) is 3.57. The topological polar surface area (TPSA) is 15.3 Å². The van der Waals surface area contributed by atoms with E-state index >= 15 is 0 Å². The predicted molar refractivity (Wildman–Crippen MR) is 58.0 cm³/mol. The molecule has 0 bridgehead atoms. The Morgan fingerprint density at radius 3 is 2.62 bits per heavy atom. The summed E-state index contributed by atoms with van der Waals surface area (Å²) < 4.78 is 0. The van der Waals surface area contributed by atoms with Gasteiger partial charge in [-0.3, -0.25) is 0 Å². The maximum atomic E-state index is 3.57. The summed E-state index contributed by atoms with van der Waals surface area (Å²) in [7, 11) is 2.21. The van der Waals surface area contributed by atoms with Gasteiger partial charge in [-0.05, 0) is 52.7 Å². The van der Waals surface area contributed by atoms with Crippen LogP contribution >= 0.6 is 0 Å². The van der Waals surface area contributed by atoms with E-state index in [-0.39, 0.29) is 0 Å². The number of nitrogens with zero attached hydrogens (tertiary/aromatic N) is 1. The van der Waals surface area contributed by atoms with E-state index in [0.717, 1.165) is 12.0 Å². The Hall–Kier alpha value is -0.0800. The van der Waals surface area contributed by atoms with Crippen LogP contribution in [-0.4, -0.2) is 37.1 Å². The largest absolute Gasteiger partial charge is 0.314 e. The molecule has 2 unspecified atom stereocenters. The highest BCUT2D eigenvalue weighted by Crippen LogP contribution is 2.17. The van der Waals surface area contributed by atoms with Crippen molar-refractivity contribution in [2.45, 2.75) is 45.7 Å². The minimum absolute atomic E-state index is 0.678. The van der Waals surface area contributed by atoms with Gasteiger partial charge < -0.3 is 10.2 Å². The fourth-order valence-corrected chi connectivity index (χ4v) is 1.89. The highest BCUT2D eigenvalue weighted by molar-refractivity contribution is 4.81. The number of rotatable bonds is 4. The number of nitrogens with one attached hydrogen (secondary N) is 1. The molecule has 1 rings (SSSR count). The molecule has 0 saturated carbocycles. The van der Waals surface area contributed by atoms with Crippen molar-refractivity contribution in [3.8, 4) is 0 Å². The van der Waals surface area contributed by atoms with Crippen LogP contribution in [0.25, 0.3) is 0 Å². The third kappa shape index (κ3) is 3.28. The Labute approximate surface area is 82.7 Å². The van der Waals surface area contributed by atoms with Gasteiger partial charge >= 0.3 is 0 Å². The van der Waals surface area contributed by atoms with Gasteiger partial charge in [-0.25, -0.2) is 0 Å². The molecule has 0 aromatic heterocycles. The van der Waals surface area contributed by atoms with Crippen molar-refractivity contribution in [1.29, 1.82) is 0 Å². The van der Waals surface area contributed by atoms with Crippen LogP contribution in [0.15, 0.2) is 0 Å². The van der Waals surface area contributed by atoms with E-state index in [4.69, 9.17) is 0 Å². The first kappa shape index (κ1) is 11.0. The van der Waals surface area contributed by atoms with Gasteiger partial charge in [-0.15, -0.1) is 0 Å². The average molecular weight is 184 g/mol. The Balaban J connectivity index is 2.18. The Bertz CT molecular complexity index is 145. The highest BCUT2D eigenvalue weighted by Gasteiger charge is 2.22. The molecule has 0 aromatic rings. The maximum absolute atomic E-state index is 3.57. The van der Waals surface area contributed by atoms with Gasteiger partial charge in [0, 0.05) is 12.1 Å². The normalized spacial score (nSPS) is 29.1. The molecule has 0 radical (unpaired) electrons. The molecular weight excluding hydrogens is 160 g/mol. The van der Waals surface area contributed by atoms with Gasteiger partial charge in [0.05, 0.1) is 0 Å². The van der Waals surface area contributed by atoms with Crippen molar-refractivity contribution in [3.63, 3.8) is 0 Å². The van der Waals surface area contributed by atoms with Crippen LogP contribution in [0.4, 0.5) is 0 Å².